The van der Waals surface area contributed by atoms with Gasteiger partial charge >= 0.3 is 5.97 Å². The lowest BCUT2D eigenvalue weighted by Crippen LogP contribution is -2.47. The summed E-state index contributed by atoms with van der Waals surface area (Å²) in [5, 5.41) is 15.6. The molecular formula is C24H28ClN7O5. The highest BCUT2D eigenvalue weighted by Gasteiger charge is 2.20. The fourth-order valence-electron chi connectivity index (χ4n) is 4.01. The van der Waals surface area contributed by atoms with Crippen molar-refractivity contribution >= 4 is 51.8 Å². The van der Waals surface area contributed by atoms with E-state index < -0.39 is 5.97 Å². The molecule has 1 amide bonds. The number of hydrogen-bond acceptors (Lipinski definition) is 9. The summed E-state index contributed by atoms with van der Waals surface area (Å²) in [6, 6.07) is 7.05. The second-order valence-corrected chi connectivity index (χ2v) is 8.98. The zero-order chi connectivity index (χ0) is 26.5. The van der Waals surface area contributed by atoms with E-state index in [0.717, 1.165) is 18.5 Å². The average Bonchev–Trinajstić information content (AvgIpc) is 2.90. The van der Waals surface area contributed by atoms with E-state index >= 15 is 0 Å². The molecule has 0 aliphatic carbocycles. The minimum absolute atomic E-state index is 0.0700. The number of anilines is 3. The van der Waals surface area contributed by atoms with E-state index in [4.69, 9.17) is 21.4 Å². The van der Waals surface area contributed by atoms with E-state index in [9.17, 15) is 14.4 Å². The molecule has 1 aromatic carbocycles. The first kappa shape index (κ1) is 26.2. The summed E-state index contributed by atoms with van der Waals surface area (Å²) in [6.07, 6.45) is 1.66. The molecule has 0 unspecified atom stereocenters. The summed E-state index contributed by atoms with van der Waals surface area (Å²) in [6.45, 7) is 3.03. The molecule has 0 bridgehead atoms. The number of rotatable bonds is 9. The number of nitrogens with one attached hydrogen (secondary N) is 2. The molecule has 0 radical (unpaired) electrons. The summed E-state index contributed by atoms with van der Waals surface area (Å²) in [7, 11) is 3.13. The van der Waals surface area contributed by atoms with E-state index in [0.29, 0.717) is 47.6 Å². The fraction of sp³-hybridized carbons (Fsp3) is 0.375. The molecule has 1 aliphatic rings. The molecule has 2 aromatic heterocycles. The zero-order valence-corrected chi connectivity index (χ0v) is 21.3. The van der Waals surface area contributed by atoms with E-state index in [1.165, 1.54) is 11.6 Å². The average molecular weight is 530 g/mol. The number of benzene rings is 1. The second kappa shape index (κ2) is 11.4. The largest absolute Gasteiger partial charge is 0.481 e. The van der Waals surface area contributed by atoms with Crippen molar-refractivity contribution < 1.29 is 19.4 Å². The maximum atomic E-state index is 12.6. The van der Waals surface area contributed by atoms with Crippen LogP contribution in [-0.4, -0.2) is 82.8 Å². The van der Waals surface area contributed by atoms with Crippen molar-refractivity contribution in [2.24, 2.45) is 7.05 Å². The van der Waals surface area contributed by atoms with Crippen LogP contribution >= 0.6 is 11.6 Å². The number of carbonyl (C=O) groups excluding carboxylic acids is 1. The van der Waals surface area contributed by atoms with Crippen LogP contribution in [0.4, 0.5) is 17.5 Å². The smallest absolute Gasteiger partial charge is 0.304 e. The number of ether oxygens (including phenoxy) is 1. The van der Waals surface area contributed by atoms with Crippen LogP contribution in [0.5, 0.6) is 5.75 Å². The number of fused-ring (bicyclic) bond motifs is 1. The molecule has 12 nitrogen and oxygen atoms in total. The van der Waals surface area contributed by atoms with Gasteiger partial charge in [-0.1, -0.05) is 11.6 Å². The lowest BCUT2D eigenvalue weighted by molar-refractivity contribution is -0.137. The maximum Gasteiger partial charge on any atom is 0.304 e. The molecule has 1 aliphatic heterocycles. The number of carbonyl (C=O) groups is 2. The number of amides is 1. The first-order valence-corrected chi connectivity index (χ1v) is 12.1. The molecule has 13 heteroatoms. The highest BCUT2D eigenvalue weighted by Crippen LogP contribution is 2.28. The van der Waals surface area contributed by atoms with Gasteiger partial charge in [0.25, 0.3) is 11.5 Å². The number of piperazine rings is 1. The van der Waals surface area contributed by atoms with Crippen molar-refractivity contribution in [3.63, 3.8) is 0 Å². The number of halogens is 1. The summed E-state index contributed by atoms with van der Waals surface area (Å²) in [5.74, 6) is -0.116. The van der Waals surface area contributed by atoms with Gasteiger partial charge in [0.2, 0.25) is 5.95 Å². The summed E-state index contributed by atoms with van der Waals surface area (Å²) >= 11 is 6.38. The number of pyridine rings is 1. The van der Waals surface area contributed by atoms with E-state index in [-0.39, 0.29) is 30.2 Å². The van der Waals surface area contributed by atoms with Gasteiger partial charge in [0, 0.05) is 57.9 Å². The van der Waals surface area contributed by atoms with Crippen molar-refractivity contribution in [3.8, 4) is 5.75 Å². The standard InChI is InChI=1S/C24H28ClN7O5/c1-26-20(33)14-37-19-12-15-11-16(3-4-18(15)30(2)23(19)36)28-22-17(25)13-27-24(29-22)32-9-7-31(8-10-32)6-5-21(34)35/h3-4,11-13H,5-10,14H2,1-2H3,(H,26,33)(H,34,35)(H,27,28,29). The second-order valence-electron chi connectivity index (χ2n) is 8.57. The number of aromatic nitrogens is 3. The van der Waals surface area contributed by atoms with Crippen molar-refractivity contribution in [3.05, 3.63) is 45.8 Å². The van der Waals surface area contributed by atoms with Crippen molar-refractivity contribution in [2.75, 3.05) is 56.6 Å². The molecule has 1 saturated heterocycles. The van der Waals surface area contributed by atoms with Crippen molar-refractivity contribution in [1.29, 1.82) is 0 Å². The number of nitrogens with zero attached hydrogens (tertiary/aromatic N) is 5. The third kappa shape index (κ3) is 6.27. The molecule has 0 spiro atoms. The molecule has 1 fully saturated rings. The Kier molecular flexibility index (Phi) is 8.09. The maximum absolute atomic E-state index is 12.6. The van der Waals surface area contributed by atoms with Gasteiger partial charge in [0.1, 0.15) is 5.02 Å². The molecular weight excluding hydrogens is 502 g/mol. The van der Waals surface area contributed by atoms with Gasteiger partial charge in [-0.25, -0.2) is 4.98 Å². The Balaban J connectivity index is 1.51. The van der Waals surface area contributed by atoms with Crippen LogP contribution in [-0.2, 0) is 16.6 Å². The number of likely N-dealkylation sites (N-methyl/N-ethyl adjacent to an activating group) is 1. The van der Waals surface area contributed by atoms with Gasteiger partial charge < -0.3 is 29.9 Å². The third-order valence-electron chi connectivity index (χ3n) is 6.12. The van der Waals surface area contributed by atoms with Crippen LogP contribution in [0.1, 0.15) is 6.42 Å². The van der Waals surface area contributed by atoms with Crippen LogP contribution in [0, 0.1) is 0 Å². The van der Waals surface area contributed by atoms with Crippen LogP contribution in [0.15, 0.2) is 35.3 Å². The summed E-state index contributed by atoms with van der Waals surface area (Å²) in [4.78, 5) is 48.1. The number of carboxylic acid groups (broad SMARTS) is 1. The Morgan fingerprint density at radius 3 is 2.65 bits per heavy atom. The van der Waals surface area contributed by atoms with E-state index in [2.05, 4.69) is 25.5 Å². The predicted molar refractivity (Wildman–Crippen MR) is 140 cm³/mol. The predicted octanol–water partition coefficient (Wildman–Crippen LogP) is 1.45. The topological polar surface area (TPSA) is 142 Å². The highest BCUT2D eigenvalue weighted by molar-refractivity contribution is 6.32. The Morgan fingerprint density at radius 2 is 1.95 bits per heavy atom. The van der Waals surface area contributed by atoms with E-state index in [1.807, 2.05) is 17.0 Å². The van der Waals surface area contributed by atoms with Gasteiger partial charge in [0.15, 0.2) is 18.2 Å². The van der Waals surface area contributed by atoms with Crippen molar-refractivity contribution in [2.45, 2.75) is 6.42 Å². The quantitative estimate of drug-likeness (QED) is 0.373. The molecule has 196 valence electrons. The lowest BCUT2D eigenvalue weighted by atomic mass is 10.2. The Hall–Kier alpha value is -3.90. The molecule has 3 aromatic rings. The SMILES string of the molecule is CNC(=O)COc1cc2cc(Nc3nc(N4CCN(CCC(=O)O)CC4)ncc3Cl)ccc2n(C)c1=O. The number of carboxylic acids is 1. The lowest BCUT2D eigenvalue weighted by Gasteiger charge is -2.34. The van der Waals surface area contributed by atoms with Crippen LogP contribution in [0.25, 0.3) is 10.9 Å². The summed E-state index contributed by atoms with van der Waals surface area (Å²) < 4.78 is 6.89. The molecule has 0 atom stereocenters. The highest BCUT2D eigenvalue weighted by atomic mass is 35.5. The number of aliphatic carboxylic acids is 1. The Labute approximate surface area is 217 Å². The number of hydrogen-bond donors (Lipinski definition) is 3. The Morgan fingerprint density at radius 1 is 1.19 bits per heavy atom. The molecule has 4 rings (SSSR count). The van der Waals surface area contributed by atoms with Crippen molar-refractivity contribution in [1.82, 2.24) is 24.8 Å². The van der Waals surface area contributed by atoms with Gasteiger partial charge in [-0.3, -0.25) is 19.3 Å². The van der Waals surface area contributed by atoms with Gasteiger partial charge in [-0.2, -0.15) is 4.98 Å². The third-order valence-corrected chi connectivity index (χ3v) is 6.40. The fourth-order valence-corrected chi connectivity index (χ4v) is 4.15. The zero-order valence-electron chi connectivity index (χ0n) is 20.5. The number of aryl methyl sites for hydroxylation is 1. The van der Waals surface area contributed by atoms with Gasteiger partial charge in [0.05, 0.1) is 18.1 Å². The minimum Gasteiger partial charge on any atom is -0.481 e. The normalized spacial score (nSPS) is 14.0. The molecule has 3 N–H and O–H groups in total. The van der Waals surface area contributed by atoms with E-state index in [1.54, 1.807) is 25.4 Å². The van der Waals surface area contributed by atoms with Gasteiger partial charge in [-0.05, 0) is 24.3 Å². The minimum atomic E-state index is -0.803. The first-order valence-electron chi connectivity index (χ1n) is 11.7. The summed E-state index contributed by atoms with van der Waals surface area (Å²) in [5.41, 5.74) is 1.04. The Bertz CT molecular complexity index is 1370. The first-order chi connectivity index (χ1) is 17.7. The van der Waals surface area contributed by atoms with Crippen LogP contribution in [0.3, 0.4) is 0 Å². The molecule has 37 heavy (non-hydrogen) atoms. The molecule has 3 heterocycles. The van der Waals surface area contributed by atoms with Gasteiger partial charge in [-0.15, -0.1) is 0 Å². The van der Waals surface area contributed by atoms with Crippen LogP contribution < -0.4 is 25.8 Å². The molecule has 0 saturated carbocycles. The van der Waals surface area contributed by atoms with Crippen LogP contribution in [0.2, 0.25) is 5.02 Å². The monoisotopic (exact) mass is 529 g/mol.